The van der Waals surface area contributed by atoms with Crippen molar-refractivity contribution in [3.8, 4) is 22.7 Å². The molecule has 0 saturated heterocycles. The molecule has 4 nitrogen and oxygen atoms in total. The number of furan rings is 1. The second-order valence-electron chi connectivity index (χ2n) is 6.72. The van der Waals surface area contributed by atoms with Gasteiger partial charge in [-0.15, -0.1) is 18.2 Å². The van der Waals surface area contributed by atoms with E-state index in [0.717, 1.165) is 11.8 Å². The van der Waals surface area contributed by atoms with E-state index in [4.69, 9.17) is 4.42 Å². The third kappa shape index (κ3) is 4.18. The van der Waals surface area contributed by atoms with Gasteiger partial charge in [0.15, 0.2) is 0 Å². The van der Waals surface area contributed by atoms with E-state index in [-0.39, 0.29) is 26.6 Å². The van der Waals surface area contributed by atoms with Crippen molar-refractivity contribution in [3.05, 3.63) is 90.2 Å². The van der Waals surface area contributed by atoms with Gasteiger partial charge in [0.25, 0.3) is 0 Å². The van der Waals surface area contributed by atoms with Crippen LogP contribution in [-0.4, -0.2) is 15.0 Å². The Morgan fingerprint density at radius 3 is 2.17 bits per heavy atom. The normalized spacial score (nSPS) is 11.2. The van der Waals surface area contributed by atoms with Gasteiger partial charge in [-0.3, -0.25) is 4.98 Å². The molecule has 0 unspecified atom stereocenters. The number of pyridine rings is 3. The first-order valence-electron chi connectivity index (χ1n) is 8.60. The largest absolute Gasteiger partial charge is 2.00 e. The molecule has 4 heterocycles. The van der Waals surface area contributed by atoms with Crippen molar-refractivity contribution in [2.24, 2.45) is 0 Å². The molecule has 4 rings (SSSR count). The van der Waals surface area contributed by atoms with Crippen LogP contribution in [0.15, 0.2) is 59.2 Å². The van der Waals surface area contributed by atoms with Gasteiger partial charge in [-0.1, -0.05) is 35.9 Å². The fraction of sp³-hybridized carbons (Fsp3) is 0.136. The molecular formula is C22H15F2N3OPt. The van der Waals surface area contributed by atoms with Gasteiger partial charge in [0.2, 0.25) is 0 Å². The maximum atomic E-state index is 14.0. The Morgan fingerprint density at radius 1 is 0.897 bits per heavy atom. The first-order chi connectivity index (χ1) is 13.4. The van der Waals surface area contributed by atoms with E-state index < -0.39 is 17.3 Å². The third-order valence-electron chi connectivity index (χ3n) is 4.48. The average molecular weight is 570 g/mol. The van der Waals surface area contributed by atoms with Crippen LogP contribution >= 0.6 is 0 Å². The van der Waals surface area contributed by atoms with Gasteiger partial charge in [-0.25, -0.2) is 8.78 Å². The summed E-state index contributed by atoms with van der Waals surface area (Å²) in [5, 5.41) is 0. The molecule has 29 heavy (non-hydrogen) atoms. The minimum atomic E-state index is -0.948. The van der Waals surface area contributed by atoms with Gasteiger partial charge < -0.3 is 14.4 Å². The van der Waals surface area contributed by atoms with Crippen molar-refractivity contribution < 1.29 is 34.3 Å². The zero-order chi connectivity index (χ0) is 19.7. The van der Waals surface area contributed by atoms with E-state index in [9.17, 15) is 8.78 Å². The predicted molar refractivity (Wildman–Crippen MR) is 99.1 cm³/mol. The van der Waals surface area contributed by atoms with Gasteiger partial charge in [-0.05, 0) is 37.9 Å². The first kappa shape index (κ1) is 21.0. The molecule has 148 valence electrons. The molecule has 0 saturated carbocycles. The molecule has 0 aliphatic rings. The fourth-order valence-corrected chi connectivity index (χ4v) is 2.90. The van der Waals surface area contributed by atoms with Crippen LogP contribution in [0.25, 0.3) is 22.7 Å². The van der Waals surface area contributed by atoms with Crippen LogP contribution in [0.3, 0.4) is 0 Å². The minimum absolute atomic E-state index is 0. The van der Waals surface area contributed by atoms with Crippen LogP contribution in [0.1, 0.15) is 25.2 Å². The van der Waals surface area contributed by atoms with Crippen molar-refractivity contribution in [2.45, 2.75) is 19.3 Å². The topological polar surface area (TPSA) is 51.8 Å². The van der Waals surface area contributed by atoms with E-state index in [2.05, 4.69) is 27.1 Å². The molecule has 0 radical (unpaired) electrons. The number of hydrogen-bond acceptors (Lipinski definition) is 4. The minimum Gasteiger partial charge on any atom is -0.545 e. The molecule has 0 aromatic carbocycles. The summed E-state index contributed by atoms with van der Waals surface area (Å²) in [6.45, 7) is 3.94. The average Bonchev–Trinajstić information content (AvgIpc) is 3.23. The van der Waals surface area contributed by atoms with Crippen molar-refractivity contribution in [3.63, 3.8) is 0 Å². The monoisotopic (exact) mass is 570 g/mol. The summed E-state index contributed by atoms with van der Waals surface area (Å²) in [4.78, 5) is 12.5. The summed E-state index contributed by atoms with van der Waals surface area (Å²) in [7, 11) is 0. The summed E-state index contributed by atoms with van der Waals surface area (Å²) in [5.41, 5.74) is 1.87. The maximum absolute atomic E-state index is 14.0. The second-order valence-corrected chi connectivity index (χ2v) is 6.72. The van der Waals surface area contributed by atoms with Crippen LogP contribution in [0.2, 0.25) is 0 Å². The summed E-state index contributed by atoms with van der Waals surface area (Å²) in [5.74, 6) is -1.32. The number of halogens is 2. The summed E-state index contributed by atoms with van der Waals surface area (Å²) < 4.78 is 32.5. The molecule has 4 aromatic heterocycles. The standard InChI is InChI=1S/C22H15F2N3O.Pt/c1-22(2,19-10-4-7-16(26-19)17-8-5-13-28-17)18-9-3-6-15(25-18)14-11-12-20(23)27-21(14)24;/h3-7,9-10,12-13H,1-2H3;/q-2;+2. The van der Waals surface area contributed by atoms with Crippen molar-refractivity contribution in [1.82, 2.24) is 15.0 Å². The number of rotatable bonds is 4. The summed E-state index contributed by atoms with van der Waals surface area (Å²) >= 11 is 0. The van der Waals surface area contributed by atoms with Crippen LogP contribution in [0.5, 0.6) is 0 Å². The van der Waals surface area contributed by atoms with E-state index in [1.54, 1.807) is 24.5 Å². The van der Waals surface area contributed by atoms with Crippen LogP contribution in [0, 0.1) is 24.0 Å². The van der Waals surface area contributed by atoms with Gasteiger partial charge in [0.05, 0.1) is 0 Å². The van der Waals surface area contributed by atoms with Gasteiger partial charge in [-0.2, -0.15) is 0 Å². The van der Waals surface area contributed by atoms with Gasteiger partial charge >= 0.3 is 21.1 Å². The van der Waals surface area contributed by atoms with Crippen LogP contribution < -0.4 is 0 Å². The Kier molecular flexibility index (Phi) is 6.04. The molecule has 0 aliphatic heterocycles. The molecule has 0 amide bonds. The van der Waals surface area contributed by atoms with Gasteiger partial charge in [0, 0.05) is 28.3 Å². The Labute approximate surface area is 181 Å². The predicted octanol–water partition coefficient (Wildman–Crippen LogP) is 5.00. The molecule has 0 aliphatic carbocycles. The van der Waals surface area contributed by atoms with E-state index in [1.807, 2.05) is 38.1 Å². The Bertz CT molecular complexity index is 1130. The Balaban J connectivity index is 0.00000240. The number of nitrogens with zero attached hydrogens (tertiary/aromatic N) is 3. The Hall–Kier alpha value is -2.72. The smallest absolute Gasteiger partial charge is 0.545 e. The summed E-state index contributed by atoms with van der Waals surface area (Å²) in [6, 6.07) is 19.1. The SMILES string of the molecule is CC(C)(c1cccc(-c2[c-]cco2)n1)c1cccc(-c2[c-]cc(F)nc2F)n1.[Pt+2]. The van der Waals surface area contributed by atoms with Crippen molar-refractivity contribution >= 4 is 0 Å². The number of aromatic nitrogens is 3. The zero-order valence-corrected chi connectivity index (χ0v) is 17.8. The van der Waals surface area contributed by atoms with Crippen LogP contribution in [0.4, 0.5) is 8.78 Å². The number of hydrogen-bond donors (Lipinski definition) is 0. The molecular weight excluding hydrogens is 555 g/mol. The zero-order valence-electron chi connectivity index (χ0n) is 15.5. The second kappa shape index (κ2) is 8.34. The van der Waals surface area contributed by atoms with E-state index in [1.165, 1.54) is 0 Å². The quantitative estimate of drug-likeness (QED) is 0.256. The molecule has 0 bridgehead atoms. The molecule has 0 N–H and O–H groups in total. The van der Waals surface area contributed by atoms with Crippen molar-refractivity contribution in [2.75, 3.05) is 0 Å². The summed E-state index contributed by atoms with van der Waals surface area (Å²) in [6.07, 6.45) is 1.54. The van der Waals surface area contributed by atoms with Crippen molar-refractivity contribution in [1.29, 1.82) is 0 Å². The van der Waals surface area contributed by atoms with Crippen LogP contribution in [-0.2, 0) is 26.5 Å². The molecule has 4 aromatic rings. The Morgan fingerprint density at radius 2 is 1.55 bits per heavy atom. The van der Waals surface area contributed by atoms with Gasteiger partial charge in [0.1, 0.15) is 11.9 Å². The molecule has 7 heteroatoms. The maximum Gasteiger partial charge on any atom is 2.00 e. The third-order valence-corrected chi connectivity index (χ3v) is 4.48. The molecule has 0 atom stereocenters. The fourth-order valence-electron chi connectivity index (χ4n) is 2.90. The van der Waals surface area contributed by atoms with E-state index >= 15 is 0 Å². The first-order valence-corrected chi connectivity index (χ1v) is 8.60. The van der Waals surface area contributed by atoms with E-state index in [0.29, 0.717) is 22.8 Å². The molecule has 0 spiro atoms. The molecule has 0 fully saturated rings.